The van der Waals surface area contributed by atoms with Crippen molar-refractivity contribution >= 4 is 29.2 Å². The molecule has 1 N–H and O–H groups in total. The summed E-state index contributed by atoms with van der Waals surface area (Å²) in [6.07, 6.45) is -0.155. The molecule has 1 fully saturated rings. The highest BCUT2D eigenvalue weighted by atomic mass is 35.5. The van der Waals surface area contributed by atoms with Crippen LogP contribution in [0.3, 0.4) is 0 Å². The number of aliphatic hydroxyl groups excluding tert-OH is 1. The molecule has 0 spiro atoms. The molecule has 0 bridgehead atoms. The quantitative estimate of drug-likeness (QED) is 0.835. The summed E-state index contributed by atoms with van der Waals surface area (Å²) in [6.45, 7) is 1.20. The van der Waals surface area contributed by atoms with Crippen LogP contribution in [0.15, 0.2) is 18.2 Å². The van der Waals surface area contributed by atoms with E-state index in [-0.39, 0.29) is 5.97 Å². The molecule has 0 radical (unpaired) electrons. The van der Waals surface area contributed by atoms with E-state index < -0.39 is 12.1 Å². The van der Waals surface area contributed by atoms with E-state index in [1.54, 1.807) is 18.2 Å². The Balaban J connectivity index is 1.92. The molecule has 2 unspecified atom stereocenters. The highest BCUT2D eigenvalue weighted by molar-refractivity contribution is 6.37. The zero-order valence-corrected chi connectivity index (χ0v) is 13.1. The standard InChI is InChI=1S/C14H17Cl2NO4/c1-20-14(19)12-7-9(18)8-17(12)5-6-21-13-10(15)3-2-4-11(13)16/h2-4,9,12,18H,5-8H2,1H3. The van der Waals surface area contributed by atoms with Gasteiger partial charge >= 0.3 is 5.97 Å². The molecule has 2 atom stereocenters. The first kappa shape index (κ1) is 16.4. The maximum absolute atomic E-state index is 11.7. The average molecular weight is 334 g/mol. The minimum absolute atomic E-state index is 0.309. The number of carbonyl (C=O) groups excluding carboxylic acids is 1. The molecule has 1 heterocycles. The number of benzene rings is 1. The number of β-amino-alcohol motifs (C(OH)–C–C–N with tert-alkyl or cyclic N) is 1. The van der Waals surface area contributed by atoms with Gasteiger partial charge in [-0.2, -0.15) is 0 Å². The lowest BCUT2D eigenvalue weighted by molar-refractivity contribution is -0.146. The number of carbonyl (C=O) groups is 1. The fourth-order valence-electron chi connectivity index (χ4n) is 2.39. The van der Waals surface area contributed by atoms with Gasteiger partial charge in [-0.15, -0.1) is 0 Å². The van der Waals surface area contributed by atoms with Crippen LogP contribution in [-0.2, 0) is 9.53 Å². The van der Waals surface area contributed by atoms with Crippen molar-refractivity contribution in [1.29, 1.82) is 0 Å². The lowest BCUT2D eigenvalue weighted by Gasteiger charge is -2.22. The van der Waals surface area contributed by atoms with Gasteiger partial charge in [-0.1, -0.05) is 29.3 Å². The number of nitrogens with zero attached hydrogens (tertiary/aromatic N) is 1. The van der Waals surface area contributed by atoms with Gasteiger partial charge in [0.1, 0.15) is 12.6 Å². The molecule has 0 amide bonds. The lowest BCUT2D eigenvalue weighted by atomic mass is 10.2. The SMILES string of the molecule is COC(=O)C1CC(O)CN1CCOc1c(Cl)cccc1Cl. The van der Waals surface area contributed by atoms with Gasteiger partial charge in [-0.25, -0.2) is 0 Å². The van der Waals surface area contributed by atoms with E-state index in [4.69, 9.17) is 32.7 Å². The highest BCUT2D eigenvalue weighted by Gasteiger charge is 2.36. The van der Waals surface area contributed by atoms with Crippen LogP contribution in [0, 0.1) is 0 Å². The van der Waals surface area contributed by atoms with Crippen molar-refractivity contribution in [2.75, 3.05) is 26.8 Å². The molecule has 5 nitrogen and oxygen atoms in total. The van der Waals surface area contributed by atoms with Gasteiger partial charge in [0.25, 0.3) is 0 Å². The van der Waals surface area contributed by atoms with Gasteiger partial charge in [-0.05, 0) is 12.1 Å². The first-order valence-electron chi connectivity index (χ1n) is 6.59. The van der Waals surface area contributed by atoms with Gasteiger partial charge < -0.3 is 14.6 Å². The van der Waals surface area contributed by atoms with E-state index in [2.05, 4.69) is 0 Å². The Bertz CT molecular complexity index is 491. The van der Waals surface area contributed by atoms with Crippen LogP contribution in [0.5, 0.6) is 5.75 Å². The van der Waals surface area contributed by atoms with Gasteiger partial charge in [0.2, 0.25) is 0 Å². The number of halogens is 2. The van der Waals surface area contributed by atoms with Crippen molar-refractivity contribution in [2.45, 2.75) is 18.6 Å². The average Bonchev–Trinajstić information content (AvgIpc) is 2.82. The molecule has 1 aromatic carbocycles. The number of likely N-dealkylation sites (tertiary alicyclic amines) is 1. The Morgan fingerprint density at radius 1 is 1.43 bits per heavy atom. The summed E-state index contributed by atoms with van der Waals surface area (Å²) in [7, 11) is 1.34. The molecule has 1 saturated heterocycles. The van der Waals surface area contributed by atoms with E-state index in [1.807, 2.05) is 4.90 Å². The Labute approximate surface area is 133 Å². The Kier molecular flexibility index (Phi) is 5.70. The number of para-hydroxylation sites is 1. The van der Waals surface area contributed by atoms with E-state index in [1.165, 1.54) is 7.11 Å². The smallest absolute Gasteiger partial charge is 0.323 e. The van der Waals surface area contributed by atoms with Crippen LogP contribution >= 0.6 is 23.2 Å². The topological polar surface area (TPSA) is 59.0 Å². The molecular weight excluding hydrogens is 317 g/mol. The van der Waals surface area contributed by atoms with Crippen molar-refractivity contribution in [3.63, 3.8) is 0 Å². The Morgan fingerprint density at radius 2 is 2.10 bits per heavy atom. The summed E-state index contributed by atoms with van der Waals surface area (Å²) in [5.74, 6) is 0.0810. The molecule has 7 heteroatoms. The molecule has 2 rings (SSSR count). The number of rotatable bonds is 5. The van der Waals surface area contributed by atoms with Gasteiger partial charge in [-0.3, -0.25) is 9.69 Å². The second-order valence-electron chi connectivity index (χ2n) is 4.82. The van der Waals surface area contributed by atoms with Crippen molar-refractivity contribution in [3.05, 3.63) is 28.2 Å². The molecule has 1 aliphatic heterocycles. The van der Waals surface area contributed by atoms with Crippen LogP contribution in [0.4, 0.5) is 0 Å². The van der Waals surface area contributed by atoms with Crippen LogP contribution in [0.2, 0.25) is 10.0 Å². The lowest BCUT2D eigenvalue weighted by Crippen LogP contribution is -2.39. The van der Waals surface area contributed by atoms with Crippen LogP contribution in [0.1, 0.15) is 6.42 Å². The van der Waals surface area contributed by atoms with Crippen LogP contribution < -0.4 is 4.74 Å². The number of hydrogen-bond donors (Lipinski definition) is 1. The summed E-state index contributed by atoms with van der Waals surface area (Å²) >= 11 is 12.0. The summed E-state index contributed by atoms with van der Waals surface area (Å²) in [6, 6.07) is 4.69. The van der Waals surface area contributed by atoms with E-state index in [0.29, 0.717) is 41.9 Å². The van der Waals surface area contributed by atoms with Crippen molar-refractivity contribution in [1.82, 2.24) is 4.90 Å². The maximum Gasteiger partial charge on any atom is 0.323 e. The van der Waals surface area contributed by atoms with Crippen molar-refractivity contribution in [3.8, 4) is 5.75 Å². The van der Waals surface area contributed by atoms with E-state index in [0.717, 1.165) is 0 Å². The first-order chi connectivity index (χ1) is 10.0. The third-order valence-electron chi connectivity index (χ3n) is 3.40. The first-order valence-corrected chi connectivity index (χ1v) is 7.35. The predicted molar refractivity (Wildman–Crippen MR) is 80.0 cm³/mol. The summed E-state index contributed by atoms with van der Waals surface area (Å²) in [4.78, 5) is 13.5. The third kappa shape index (κ3) is 4.01. The fraction of sp³-hybridized carbons (Fsp3) is 0.500. The molecule has 0 saturated carbocycles. The number of aliphatic hydroxyl groups is 1. The monoisotopic (exact) mass is 333 g/mol. The summed E-state index contributed by atoms with van der Waals surface area (Å²) in [5, 5.41) is 10.6. The molecule has 21 heavy (non-hydrogen) atoms. The van der Waals surface area contributed by atoms with Crippen LogP contribution in [0.25, 0.3) is 0 Å². The van der Waals surface area contributed by atoms with Gasteiger partial charge in [0.05, 0.1) is 23.3 Å². The second kappa shape index (κ2) is 7.31. The fourth-order valence-corrected chi connectivity index (χ4v) is 2.90. The van der Waals surface area contributed by atoms with Crippen molar-refractivity contribution < 1.29 is 19.4 Å². The predicted octanol–water partition coefficient (Wildman–Crippen LogP) is 1.98. The maximum atomic E-state index is 11.7. The molecular formula is C14H17Cl2NO4. The summed E-state index contributed by atoms with van der Waals surface area (Å²) < 4.78 is 10.3. The normalized spacial score (nSPS) is 22.3. The van der Waals surface area contributed by atoms with Crippen LogP contribution in [-0.4, -0.2) is 54.9 Å². The Morgan fingerprint density at radius 3 is 2.71 bits per heavy atom. The largest absolute Gasteiger partial charge is 0.489 e. The second-order valence-corrected chi connectivity index (χ2v) is 5.64. The number of hydrogen-bond acceptors (Lipinski definition) is 5. The molecule has 116 valence electrons. The Hall–Kier alpha value is -1.01. The van der Waals surface area contributed by atoms with Gasteiger partial charge in [0.15, 0.2) is 5.75 Å². The third-order valence-corrected chi connectivity index (χ3v) is 3.99. The number of ether oxygens (including phenoxy) is 2. The highest BCUT2D eigenvalue weighted by Crippen LogP contribution is 2.32. The molecule has 0 aromatic heterocycles. The molecule has 1 aromatic rings. The number of esters is 1. The zero-order chi connectivity index (χ0) is 15.4. The van der Waals surface area contributed by atoms with Crippen molar-refractivity contribution in [2.24, 2.45) is 0 Å². The minimum Gasteiger partial charge on any atom is -0.489 e. The van der Waals surface area contributed by atoms with Gasteiger partial charge in [0, 0.05) is 19.5 Å². The van der Waals surface area contributed by atoms with E-state index in [9.17, 15) is 9.90 Å². The van der Waals surface area contributed by atoms with E-state index >= 15 is 0 Å². The molecule has 1 aliphatic rings. The zero-order valence-electron chi connectivity index (χ0n) is 11.6. The summed E-state index contributed by atoms with van der Waals surface area (Å²) in [5.41, 5.74) is 0. The molecule has 0 aliphatic carbocycles. The minimum atomic E-state index is -0.530. The number of methoxy groups -OCH3 is 1.